The van der Waals surface area contributed by atoms with Gasteiger partial charge in [0.15, 0.2) is 5.69 Å². The molecule has 0 aliphatic heterocycles. The lowest BCUT2D eigenvalue weighted by atomic mass is 9.76. The van der Waals surface area contributed by atoms with E-state index in [9.17, 15) is 4.79 Å². The Morgan fingerprint density at radius 3 is 2.75 bits per heavy atom. The number of aryl methyl sites for hydroxylation is 3. The van der Waals surface area contributed by atoms with Crippen LogP contribution in [0.5, 0.6) is 0 Å². The summed E-state index contributed by atoms with van der Waals surface area (Å²) in [7, 11) is 0. The number of benzene rings is 1. The van der Waals surface area contributed by atoms with E-state index in [1.165, 1.54) is 11.3 Å². The molecule has 7 nitrogen and oxygen atoms in total. The maximum absolute atomic E-state index is 11.0. The van der Waals surface area contributed by atoms with E-state index in [0.29, 0.717) is 18.1 Å². The zero-order valence-corrected chi connectivity index (χ0v) is 19.7. The summed E-state index contributed by atoms with van der Waals surface area (Å²) in [5.74, 6) is 0.226. The molecular formula is C25H32N4O3. The molecule has 1 aliphatic rings. The second kappa shape index (κ2) is 8.52. The maximum atomic E-state index is 11.0. The van der Waals surface area contributed by atoms with Crippen LogP contribution in [0.15, 0.2) is 16.7 Å². The normalized spacial score (nSPS) is 15.0. The van der Waals surface area contributed by atoms with Crippen LogP contribution in [0.1, 0.15) is 68.5 Å². The van der Waals surface area contributed by atoms with Crippen LogP contribution in [-0.2, 0) is 37.0 Å². The Balaban J connectivity index is 1.69. The van der Waals surface area contributed by atoms with Crippen molar-refractivity contribution in [1.29, 1.82) is 0 Å². The molecule has 2 heterocycles. The number of carboxylic acid groups (broad SMARTS) is 1. The Labute approximate surface area is 188 Å². The summed E-state index contributed by atoms with van der Waals surface area (Å²) >= 11 is 0. The number of aliphatic carboxylic acids is 1. The number of aromatic nitrogens is 4. The smallest absolute Gasteiger partial charge is 0.303 e. The summed E-state index contributed by atoms with van der Waals surface area (Å²) in [4.78, 5) is 15.7. The van der Waals surface area contributed by atoms with Crippen molar-refractivity contribution in [2.75, 3.05) is 0 Å². The number of carboxylic acids is 1. The van der Waals surface area contributed by atoms with Crippen molar-refractivity contribution in [2.45, 2.75) is 79.7 Å². The summed E-state index contributed by atoms with van der Waals surface area (Å²) in [6, 6.07) is 4.08. The lowest BCUT2D eigenvalue weighted by Gasteiger charge is -2.30. The van der Waals surface area contributed by atoms with Crippen LogP contribution >= 0.6 is 0 Å². The van der Waals surface area contributed by atoms with Crippen LogP contribution in [-0.4, -0.2) is 31.0 Å². The number of rotatable bonds is 7. The Kier molecular flexibility index (Phi) is 5.93. The minimum Gasteiger partial charge on any atom is -0.481 e. The second-order valence-electron chi connectivity index (χ2n) is 9.53. The van der Waals surface area contributed by atoms with E-state index in [1.807, 2.05) is 13.0 Å². The van der Waals surface area contributed by atoms with Gasteiger partial charge in [0.1, 0.15) is 0 Å². The highest BCUT2D eigenvalue weighted by molar-refractivity contribution is 5.68. The molecular weight excluding hydrogens is 404 g/mol. The summed E-state index contributed by atoms with van der Waals surface area (Å²) in [6.45, 7) is 11.6. The van der Waals surface area contributed by atoms with E-state index in [1.54, 1.807) is 0 Å². The summed E-state index contributed by atoms with van der Waals surface area (Å²) in [5, 5.41) is 18.2. The third-order valence-corrected chi connectivity index (χ3v) is 6.59. The van der Waals surface area contributed by atoms with Gasteiger partial charge in [-0.1, -0.05) is 25.9 Å². The van der Waals surface area contributed by atoms with Crippen molar-refractivity contribution in [3.8, 4) is 23.0 Å². The third-order valence-electron chi connectivity index (χ3n) is 6.59. The lowest BCUT2D eigenvalue weighted by molar-refractivity contribution is -0.136. The standard InChI is InChI=1S/C25H32N4O3/c1-6-16-13-17(12-15(3)18(16)8-9-21(30)31)23-26-24(32-28-23)22-19-10-11-25(4,5)14-20(19)29(7-2)27-22/h12-13H,6-11,14H2,1-5H3,(H,30,31). The number of fused-ring (bicyclic) bond motifs is 1. The Morgan fingerprint density at radius 2 is 2.06 bits per heavy atom. The fourth-order valence-electron chi connectivity index (χ4n) is 4.79. The van der Waals surface area contributed by atoms with Crippen LogP contribution in [0.3, 0.4) is 0 Å². The zero-order chi connectivity index (χ0) is 23.0. The molecule has 1 aromatic carbocycles. The van der Waals surface area contributed by atoms with Crippen molar-refractivity contribution in [3.05, 3.63) is 40.1 Å². The molecule has 2 aromatic heterocycles. The minimum atomic E-state index is -0.781. The third kappa shape index (κ3) is 4.20. The Bertz CT molecular complexity index is 1160. The van der Waals surface area contributed by atoms with Gasteiger partial charge in [-0.2, -0.15) is 10.1 Å². The number of nitrogens with zero attached hydrogens (tertiary/aromatic N) is 4. The van der Waals surface area contributed by atoms with Gasteiger partial charge in [-0.3, -0.25) is 9.48 Å². The topological polar surface area (TPSA) is 94.0 Å². The first-order valence-electron chi connectivity index (χ1n) is 11.5. The van der Waals surface area contributed by atoms with Crippen molar-refractivity contribution in [1.82, 2.24) is 19.9 Å². The molecule has 0 fully saturated rings. The van der Waals surface area contributed by atoms with E-state index >= 15 is 0 Å². The van der Waals surface area contributed by atoms with Gasteiger partial charge >= 0.3 is 5.97 Å². The van der Waals surface area contributed by atoms with E-state index in [2.05, 4.69) is 43.6 Å². The summed E-state index contributed by atoms with van der Waals surface area (Å²) in [6.07, 6.45) is 4.55. The number of hydrogen-bond acceptors (Lipinski definition) is 5. The largest absolute Gasteiger partial charge is 0.481 e. The van der Waals surface area contributed by atoms with E-state index < -0.39 is 5.97 Å². The molecule has 7 heteroatoms. The predicted octanol–water partition coefficient (Wildman–Crippen LogP) is 5.02. The fourth-order valence-corrected chi connectivity index (χ4v) is 4.79. The molecule has 0 amide bonds. The Morgan fingerprint density at radius 1 is 1.28 bits per heavy atom. The quantitative estimate of drug-likeness (QED) is 0.559. The van der Waals surface area contributed by atoms with E-state index in [4.69, 9.17) is 19.7 Å². The van der Waals surface area contributed by atoms with Gasteiger partial charge in [-0.25, -0.2) is 0 Å². The van der Waals surface area contributed by atoms with Crippen molar-refractivity contribution >= 4 is 5.97 Å². The minimum absolute atomic E-state index is 0.127. The summed E-state index contributed by atoms with van der Waals surface area (Å²) in [5.41, 5.74) is 7.76. The molecule has 3 aromatic rings. The highest BCUT2D eigenvalue weighted by atomic mass is 16.5. The van der Waals surface area contributed by atoms with Crippen molar-refractivity contribution < 1.29 is 14.4 Å². The van der Waals surface area contributed by atoms with Gasteiger partial charge in [0.25, 0.3) is 5.89 Å². The van der Waals surface area contributed by atoms with Crippen LogP contribution in [0.4, 0.5) is 0 Å². The first-order chi connectivity index (χ1) is 15.2. The zero-order valence-electron chi connectivity index (χ0n) is 19.7. The van der Waals surface area contributed by atoms with Crippen molar-refractivity contribution in [2.24, 2.45) is 5.41 Å². The SMILES string of the molecule is CCc1cc(-c2noc(-c3nn(CC)c4c3CCC(C)(C)C4)n2)cc(C)c1CCC(=O)O. The first-order valence-corrected chi connectivity index (χ1v) is 11.5. The lowest BCUT2D eigenvalue weighted by Crippen LogP contribution is -2.24. The summed E-state index contributed by atoms with van der Waals surface area (Å²) < 4.78 is 7.76. The Hall–Kier alpha value is -2.96. The predicted molar refractivity (Wildman–Crippen MR) is 123 cm³/mol. The van der Waals surface area contributed by atoms with Gasteiger partial charge in [0, 0.05) is 29.8 Å². The van der Waals surface area contributed by atoms with Crippen LogP contribution < -0.4 is 0 Å². The van der Waals surface area contributed by atoms with E-state index in [-0.39, 0.29) is 11.8 Å². The average molecular weight is 437 g/mol. The van der Waals surface area contributed by atoms with Crippen molar-refractivity contribution in [3.63, 3.8) is 0 Å². The maximum Gasteiger partial charge on any atom is 0.303 e. The van der Waals surface area contributed by atoms with Gasteiger partial charge in [0.05, 0.1) is 0 Å². The molecule has 1 aliphatic carbocycles. The van der Waals surface area contributed by atoms with Crippen LogP contribution in [0, 0.1) is 12.3 Å². The highest BCUT2D eigenvalue weighted by Crippen LogP contribution is 2.39. The molecule has 170 valence electrons. The van der Waals surface area contributed by atoms with Gasteiger partial charge in [-0.05, 0) is 80.2 Å². The second-order valence-corrected chi connectivity index (χ2v) is 9.53. The molecule has 0 saturated heterocycles. The first kappa shape index (κ1) is 22.2. The molecule has 1 N–H and O–H groups in total. The molecule has 0 atom stereocenters. The fraction of sp³-hybridized carbons (Fsp3) is 0.520. The number of carbonyl (C=O) groups is 1. The number of hydrogen-bond donors (Lipinski definition) is 1. The van der Waals surface area contributed by atoms with Gasteiger partial charge < -0.3 is 9.63 Å². The molecule has 0 unspecified atom stereocenters. The van der Waals surface area contributed by atoms with Crippen LogP contribution in [0.25, 0.3) is 23.0 Å². The molecule has 0 bridgehead atoms. The molecule has 32 heavy (non-hydrogen) atoms. The molecule has 0 radical (unpaired) electrons. The molecule has 0 saturated carbocycles. The van der Waals surface area contributed by atoms with E-state index in [0.717, 1.165) is 60.2 Å². The van der Waals surface area contributed by atoms with Gasteiger partial charge in [-0.15, -0.1) is 0 Å². The molecule has 4 rings (SSSR count). The average Bonchev–Trinajstić information content (AvgIpc) is 3.35. The molecule has 0 spiro atoms. The van der Waals surface area contributed by atoms with Gasteiger partial charge in [0.2, 0.25) is 5.82 Å². The van der Waals surface area contributed by atoms with Crippen LogP contribution in [0.2, 0.25) is 0 Å². The highest BCUT2D eigenvalue weighted by Gasteiger charge is 2.32. The monoisotopic (exact) mass is 436 g/mol.